The summed E-state index contributed by atoms with van der Waals surface area (Å²) in [6, 6.07) is 7.51. The lowest BCUT2D eigenvalue weighted by Crippen LogP contribution is -2.49. The number of hydrogen-bond acceptors (Lipinski definition) is 6. The number of hydrogen-bond donors (Lipinski definition) is 0. The van der Waals surface area contributed by atoms with Crippen molar-refractivity contribution in [2.75, 3.05) is 31.1 Å². The average Bonchev–Trinajstić information content (AvgIpc) is 2.71. The van der Waals surface area contributed by atoms with Gasteiger partial charge in [-0.2, -0.15) is 13.2 Å². The molecule has 9 nitrogen and oxygen atoms in total. The van der Waals surface area contributed by atoms with E-state index < -0.39 is 38.6 Å². The Balaban J connectivity index is 1.91. The van der Waals surface area contributed by atoms with Gasteiger partial charge in [-0.15, -0.1) is 0 Å². The van der Waals surface area contributed by atoms with Crippen LogP contribution in [0.4, 0.5) is 30.2 Å². The highest BCUT2D eigenvalue weighted by Gasteiger charge is 2.40. The second-order valence-electron chi connectivity index (χ2n) is 7.02. The first kappa shape index (κ1) is 22.0. The lowest BCUT2D eigenvalue weighted by molar-refractivity contribution is -0.393. The first-order valence-corrected chi connectivity index (χ1v) is 9.14. The highest BCUT2D eigenvalue weighted by atomic mass is 19.4. The van der Waals surface area contributed by atoms with Gasteiger partial charge in [0.05, 0.1) is 15.4 Å². The van der Waals surface area contributed by atoms with E-state index in [1.807, 2.05) is 13.0 Å². The molecular formula is C19H17F3N4O5. The summed E-state index contributed by atoms with van der Waals surface area (Å²) in [6.45, 7) is 2.01. The quantitative estimate of drug-likeness (QED) is 0.531. The van der Waals surface area contributed by atoms with Crippen LogP contribution in [0.25, 0.3) is 0 Å². The van der Waals surface area contributed by atoms with Gasteiger partial charge in [-0.05, 0) is 19.1 Å². The molecule has 0 unspecified atom stereocenters. The molecule has 164 valence electrons. The van der Waals surface area contributed by atoms with Crippen LogP contribution in [0, 0.1) is 27.2 Å². The molecule has 2 aromatic rings. The molecule has 0 radical (unpaired) electrons. The van der Waals surface area contributed by atoms with E-state index in [-0.39, 0.29) is 32.1 Å². The molecule has 0 atom stereocenters. The van der Waals surface area contributed by atoms with Crippen molar-refractivity contribution in [3.05, 3.63) is 73.3 Å². The zero-order chi connectivity index (χ0) is 22.9. The molecule has 12 heteroatoms. The molecular weight excluding hydrogens is 421 g/mol. The minimum Gasteiger partial charge on any atom is -0.357 e. The van der Waals surface area contributed by atoms with Crippen LogP contribution in [0.5, 0.6) is 0 Å². The molecule has 31 heavy (non-hydrogen) atoms. The number of halogens is 3. The van der Waals surface area contributed by atoms with E-state index in [1.54, 1.807) is 18.2 Å². The highest BCUT2D eigenvalue weighted by Crippen LogP contribution is 2.43. The molecule has 1 aliphatic rings. The minimum atomic E-state index is -4.98. The van der Waals surface area contributed by atoms with Gasteiger partial charge >= 0.3 is 6.18 Å². The normalized spacial score (nSPS) is 14.5. The molecule has 0 saturated carbocycles. The van der Waals surface area contributed by atoms with Crippen molar-refractivity contribution < 1.29 is 27.8 Å². The predicted molar refractivity (Wildman–Crippen MR) is 104 cm³/mol. The number of alkyl halides is 3. The van der Waals surface area contributed by atoms with E-state index in [4.69, 9.17) is 0 Å². The van der Waals surface area contributed by atoms with Gasteiger partial charge < -0.3 is 9.80 Å². The molecule has 0 aromatic heterocycles. The molecule has 0 bridgehead atoms. The van der Waals surface area contributed by atoms with Crippen LogP contribution >= 0.6 is 0 Å². The fourth-order valence-electron chi connectivity index (χ4n) is 3.46. The maximum atomic E-state index is 13.1. The Morgan fingerprint density at radius 1 is 0.968 bits per heavy atom. The maximum absolute atomic E-state index is 13.1. The summed E-state index contributed by atoms with van der Waals surface area (Å²) < 4.78 is 39.2. The maximum Gasteiger partial charge on any atom is 0.416 e. The van der Waals surface area contributed by atoms with E-state index in [9.17, 15) is 38.2 Å². The minimum absolute atomic E-state index is 0.00933. The van der Waals surface area contributed by atoms with Gasteiger partial charge in [-0.25, -0.2) is 0 Å². The third-order valence-corrected chi connectivity index (χ3v) is 4.94. The Kier molecular flexibility index (Phi) is 5.82. The predicted octanol–water partition coefficient (Wildman–Crippen LogP) is 3.79. The lowest BCUT2D eigenvalue weighted by Gasteiger charge is -2.35. The Morgan fingerprint density at radius 3 is 1.97 bits per heavy atom. The van der Waals surface area contributed by atoms with Crippen molar-refractivity contribution in [3.8, 4) is 0 Å². The number of anilines is 1. The molecule has 1 fully saturated rings. The third-order valence-electron chi connectivity index (χ3n) is 4.94. The second kappa shape index (κ2) is 8.20. The van der Waals surface area contributed by atoms with Gasteiger partial charge in [0.2, 0.25) is 0 Å². The first-order valence-electron chi connectivity index (χ1n) is 9.14. The van der Waals surface area contributed by atoms with E-state index >= 15 is 0 Å². The van der Waals surface area contributed by atoms with Crippen molar-refractivity contribution >= 4 is 23.0 Å². The van der Waals surface area contributed by atoms with E-state index in [2.05, 4.69) is 0 Å². The molecule has 1 saturated heterocycles. The summed E-state index contributed by atoms with van der Waals surface area (Å²) in [5.74, 6) is -0.264. The lowest BCUT2D eigenvalue weighted by atomic mass is 10.1. The summed E-state index contributed by atoms with van der Waals surface area (Å²) in [5, 5.41) is 22.9. The van der Waals surface area contributed by atoms with Crippen molar-refractivity contribution in [1.82, 2.24) is 4.90 Å². The van der Waals surface area contributed by atoms with E-state index in [1.165, 1.54) is 9.80 Å². The number of aryl methyl sites for hydroxylation is 1. The van der Waals surface area contributed by atoms with Gasteiger partial charge in [0, 0.05) is 43.9 Å². The molecule has 1 aliphatic heterocycles. The Bertz CT molecular complexity index is 1010. The molecule has 1 amide bonds. The first-order chi connectivity index (χ1) is 14.5. The van der Waals surface area contributed by atoms with Gasteiger partial charge in [0.1, 0.15) is 0 Å². The number of carbonyl (C=O) groups is 1. The van der Waals surface area contributed by atoms with Crippen LogP contribution in [0.1, 0.15) is 21.5 Å². The Hall–Kier alpha value is -3.70. The largest absolute Gasteiger partial charge is 0.416 e. The fraction of sp³-hybridized carbons (Fsp3) is 0.316. The number of carbonyl (C=O) groups excluding carboxylic acids is 1. The van der Waals surface area contributed by atoms with Crippen LogP contribution in [0.3, 0.4) is 0 Å². The number of amides is 1. The number of piperazine rings is 1. The second-order valence-corrected chi connectivity index (χ2v) is 7.02. The number of benzene rings is 2. The average molecular weight is 438 g/mol. The summed E-state index contributed by atoms with van der Waals surface area (Å²) in [5.41, 5.74) is -2.62. The van der Waals surface area contributed by atoms with Gasteiger partial charge in [-0.1, -0.05) is 17.7 Å². The fourth-order valence-corrected chi connectivity index (χ4v) is 3.46. The van der Waals surface area contributed by atoms with Crippen LogP contribution in [-0.4, -0.2) is 46.8 Å². The van der Waals surface area contributed by atoms with Crippen molar-refractivity contribution in [3.63, 3.8) is 0 Å². The van der Waals surface area contributed by atoms with Crippen molar-refractivity contribution in [2.45, 2.75) is 13.1 Å². The number of nitrogens with zero attached hydrogens (tertiary/aromatic N) is 4. The summed E-state index contributed by atoms with van der Waals surface area (Å²) in [7, 11) is 0. The summed E-state index contributed by atoms with van der Waals surface area (Å²) in [6.07, 6.45) is -4.98. The molecule has 3 rings (SSSR count). The van der Waals surface area contributed by atoms with Gasteiger partial charge in [0.25, 0.3) is 17.3 Å². The monoisotopic (exact) mass is 438 g/mol. The zero-order valence-corrected chi connectivity index (χ0v) is 16.3. The van der Waals surface area contributed by atoms with E-state index in [0.29, 0.717) is 17.7 Å². The van der Waals surface area contributed by atoms with Crippen LogP contribution in [0.2, 0.25) is 0 Å². The van der Waals surface area contributed by atoms with Gasteiger partial charge in [-0.3, -0.25) is 25.0 Å². The highest BCUT2D eigenvalue weighted by molar-refractivity contribution is 5.94. The number of rotatable bonds is 4. The smallest absolute Gasteiger partial charge is 0.357 e. The summed E-state index contributed by atoms with van der Waals surface area (Å²) in [4.78, 5) is 36.2. The van der Waals surface area contributed by atoms with Crippen LogP contribution in [0.15, 0.2) is 36.4 Å². The molecule has 1 heterocycles. The third kappa shape index (κ3) is 4.57. The van der Waals surface area contributed by atoms with Crippen LogP contribution < -0.4 is 4.90 Å². The molecule has 0 aliphatic carbocycles. The molecule has 2 aromatic carbocycles. The standard InChI is InChI=1S/C19H17F3N4O5/c1-12-3-2-4-13(9-12)18(27)24-7-5-23(6-8-24)17-15(25(28)29)10-14(19(20,21)22)11-16(17)26(30)31/h2-4,9-11H,5-8H2,1H3. The SMILES string of the molecule is Cc1cccc(C(=O)N2CCN(c3c([N+](=O)[O-])cc(C(F)(F)F)cc3[N+](=O)[O-])CC2)c1. The summed E-state index contributed by atoms with van der Waals surface area (Å²) >= 11 is 0. The Labute approximate surface area is 174 Å². The van der Waals surface area contributed by atoms with Gasteiger partial charge in [0.15, 0.2) is 5.69 Å². The van der Waals surface area contributed by atoms with Crippen LogP contribution in [-0.2, 0) is 6.18 Å². The topological polar surface area (TPSA) is 110 Å². The zero-order valence-electron chi connectivity index (χ0n) is 16.3. The van der Waals surface area contributed by atoms with E-state index in [0.717, 1.165) is 5.56 Å². The molecule has 0 N–H and O–H groups in total. The van der Waals surface area contributed by atoms with Crippen molar-refractivity contribution in [2.24, 2.45) is 0 Å². The Morgan fingerprint density at radius 2 is 1.52 bits per heavy atom. The number of nitro benzene ring substituents is 2. The van der Waals surface area contributed by atoms with Crippen molar-refractivity contribution in [1.29, 1.82) is 0 Å². The molecule has 0 spiro atoms. The number of nitro groups is 2.